The minimum absolute atomic E-state index is 0.102. The minimum Gasteiger partial charge on any atom is -0.481 e. The van der Waals surface area contributed by atoms with Crippen molar-refractivity contribution in [1.29, 1.82) is 0 Å². The average molecular weight is 357 g/mol. The molecule has 136 valence electrons. The Bertz CT molecular complexity index is 857. The molecule has 1 amide bonds. The number of nitro benzene ring substituents is 1. The van der Waals surface area contributed by atoms with Crippen LogP contribution >= 0.6 is 0 Å². The lowest BCUT2D eigenvalue weighted by atomic mass is 10.2. The lowest BCUT2D eigenvalue weighted by molar-refractivity contribution is -0.384. The maximum Gasteiger partial charge on any atom is 0.296 e. The molecule has 0 saturated heterocycles. The van der Waals surface area contributed by atoms with E-state index in [9.17, 15) is 14.9 Å². The zero-order chi connectivity index (χ0) is 18.1. The van der Waals surface area contributed by atoms with Crippen molar-refractivity contribution in [1.82, 2.24) is 9.78 Å². The van der Waals surface area contributed by atoms with Crippen LogP contribution in [0.15, 0.2) is 24.4 Å². The van der Waals surface area contributed by atoms with Crippen LogP contribution in [-0.2, 0) is 11.3 Å². The number of hydrogen-bond donors (Lipinski definition) is 2. The number of nitrogens with zero attached hydrogens (tertiary/aromatic N) is 3. The highest BCUT2D eigenvalue weighted by Gasteiger charge is 2.24. The van der Waals surface area contributed by atoms with Crippen molar-refractivity contribution >= 4 is 23.0 Å². The summed E-state index contributed by atoms with van der Waals surface area (Å²) in [6.07, 6.45) is 6.71. The fourth-order valence-corrected chi connectivity index (χ4v) is 3.44. The topological polar surface area (TPSA) is 111 Å². The summed E-state index contributed by atoms with van der Waals surface area (Å²) in [5.41, 5.74) is 1.44. The summed E-state index contributed by atoms with van der Waals surface area (Å²) in [6, 6.07) is 5.22. The van der Waals surface area contributed by atoms with Gasteiger partial charge in [0.05, 0.1) is 35.0 Å². The number of anilines is 2. The molecule has 2 aromatic rings. The monoisotopic (exact) mass is 357 g/mol. The van der Waals surface area contributed by atoms with E-state index in [0.29, 0.717) is 29.7 Å². The summed E-state index contributed by atoms with van der Waals surface area (Å²) in [5, 5.41) is 21.7. The zero-order valence-electron chi connectivity index (χ0n) is 14.1. The Labute approximate surface area is 149 Å². The molecule has 0 unspecified atom stereocenters. The molecule has 1 aliphatic heterocycles. The Morgan fingerprint density at radius 1 is 1.38 bits per heavy atom. The number of amides is 1. The summed E-state index contributed by atoms with van der Waals surface area (Å²) in [6.45, 7) is 0.212. The molecule has 1 aromatic carbocycles. The first kappa shape index (κ1) is 16.4. The number of nitrogens with one attached hydrogen (secondary N) is 2. The molecule has 1 saturated carbocycles. The highest BCUT2D eigenvalue weighted by molar-refractivity contribution is 5.96. The first-order chi connectivity index (χ1) is 12.6. The quantitative estimate of drug-likeness (QED) is 0.629. The number of rotatable bonds is 5. The van der Waals surface area contributed by atoms with Gasteiger partial charge in [-0.15, -0.1) is 0 Å². The molecular formula is C17H19N5O4. The third-order valence-corrected chi connectivity index (χ3v) is 4.75. The van der Waals surface area contributed by atoms with E-state index in [4.69, 9.17) is 4.74 Å². The molecule has 2 heterocycles. The second-order valence-corrected chi connectivity index (χ2v) is 6.54. The van der Waals surface area contributed by atoms with E-state index in [0.717, 1.165) is 18.5 Å². The van der Waals surface area contributed by atoms with E-state index in [1.807, 2.05) is 16.9 Å². The van der Waals surface area contributed by atoms with Gasteiger partial charge in [-0.25, -0.2) is 0 Å². The molecule has 0 atom stereocenters. The van der Waals surface area contributed by atoms with Crippen LogP contribution in [-0.4, -0.2) is 27.2 Å². The third kappa shape index (κ3) is 3.19. The van der Waals surface area contributed by atoms with Crippen molar-refractivity contribution < 1.29 is 14.5 Å². The number of carbonyl (C=O) groups excluding carboxylic acids is 1. The number of hydrogen-bond acceptors (Lipinski definition) is 6. The third-order valence-electron chi connectivity index (χ3n) is 4.75. The Morgan fingerprint density at radius 3 is 2.96 bits per heavy atom. The number of carbonyl (C=O) groups is 1. The fourth-order valence-electron chi connectivity index (χ4n) is 3.44. The molecule has 4 rings (SSSR count). The van der Waals surface area contributed by atoms with Crippen LogP contribution in [0.3, 0.4) is 0 Å². The average Bonchev–Trinajstić information content (AvgIpc) is 3.30. The van der Waals surface area contributed by atoms with E-state index in [-0.39, 0.29) is 18.2 Å². The van der Waals surface area contributed by atoms with E-state index in [1.54, 1.807) is 0 Å². The lowest BCUT2D eigenvalue weighted by Gasteiger charge is -2.19. The summed E-state index contributed by atoms with van der Waals surface area (Å²) in [5.74, 6) is 0.0139. The normalized spacial score (nSPS) is 16.7. The Morgan fingerprint density at radius 2 is 2.19 bits per heavy atom. The minimum atomic E-state index is -0.473. The molecule has 0 radical (unpaired) electrons. The van der Waals surface area contributed by atoms with E-state index < -0.39 is 4.92 Å². The number of ether oxygens (including phenoxy) is 1. The standard InChI is InChI=1S/C17H19N5O4/c23-17-10-26-16-8-15(22(24)25)13(7-14(16)19-17)18-9-11-5-6-21(20-11)12-3-1-2-4-12/h5-8,12,18H,1-4,9-10H2,(H,19,23). The molecule has 0 spiro atoms. The van der Waals surface area contributed by atoms with Gasteiger partial charge in [-0.3, -0.25) is 19.6 Å². The molecule has 1 aromatic heterocycles. The van der Waals surface area contributed by atoms with Crippen molar-refractivity contribution in [3.8, 4) is 5.75 Å². The van der Waals surface area contributed by atoms with Crippen molar-refractivity contribution in [3.63, 3.8) is 0 Å². The van der Waals surface area contributed by atoms with Crippen LogP contribution < -0.4 is 15.4 Å². The number of aromatic nitrogens is 2. The summed E-state index contributed by atoms with van der Waals surface area (Å²) >= 11 is 0. The molecule has 0 bridgehead atoms. The van der Waals surface area contributed by atoms with Gasteiger partial charge in [0.15, 0.2) is 12.4 Å². The highest BCUT2D eigenvalue weighted by atomic mass is 16.6. The van der Waals surface area contributed by atoms with Crippen molar-refractivity contribution in [2.24, 2.45) is 0 Å². The predicted molar refractivity (Wildman–Crippen MR) is 94.3 cm³/mol. The Hall–Kier alpha value is -3.10. The molecule has 1 aliphatic carbocycles. The largest absolute Gasteiger partial charge is 0.481 e. The first-order valence-corrected chi connectivity index (χ1v) is 8.63. The predicted octanol–water partition coefficient (Wildman–Crippen LogP) is 2.85. The van der Waals surface area contributed by atoms with Gasteiger partial charge < -0.3 is 15.4 Å². The van der Waals surface area contributed by atoms with E-state index >= 15 is 0 Å². The summed E-state index contributed by atoms with van der Waals surface area (Å²) in [7, 11) is 0. The first-order valence-electron chi connectivity index (χ1n) is 8.63. The lowest BCUT2D eigenvalue weighted by Crippen LogP contribution is -2.25. The van der Waals surface area contributed by atoms with Gasteiger partial charge in [0.25, 0.3) is 11.6 Å². The van der Waals surface area contributed by atoms with Crippen LogP contribution in [0.4, 0.5) is 17.1 Å². The number of nitro groups is 1. The summed E-state index contributed by atoms with van der Waals surface area (Å²) in [4.78, 5) is 22.4. The maximum atomic E-state index is 11.5. The molecule has 26 heavy (non-hydrogen) atoms. The van der Waals surface area contributed by atoms with Crippen LogP contribution in [0.5, 0.6) is 5.75 Å². The molecule has 2 N–H and O–H groups in total. The smallest absolute Gasteiger partial charge is 0.296 e. The van der Waals surface area contributed by atoms with Gasteiger partial charge in [0, 0.05) is 6.20 Å². The van der Waals surface area contributed by atoms with Crippen LogP contribution in [0.25, 0.3) is 0 Å². The second-order valence-electron chi connectivity index (χ2n) is 6.54. The zero-order valence-corrected chi connectivity index (χ0v) is 14.1. The summed E-state index contributed by atoms with van der Waals surface area (Å²) < 4.78 is 7.23. The Balaban J connectivity index is 1.52. The van der Waals surface area contributed by atoms with Crippen molar-refractivity contribution in [2.45, 2.75) is 38.3 Å². The van der Waals surface area contributed by atoms with Gasteiger partial charge in [-0.1, -0.05) is 12.8 Å². The van der Waals surface area contributed by atoms with E-state index in [1.165, 1.54) is 25.0 Å². The fraction of sp³-hybridized carbons (Fsp3) is 0.412. The highest BCUT2D eigenvalue weighted by Crippen LogP contribution is 2.38. The van der Waals surface area contributed by atoms with Crippen molar-refractivity contribution in [3.05, 3.63) is 40.2 Å². The van der Waals surface area contributed by atoms with Gasteiger partial charge >= 0.3 is 0 Å². The van der Waals surface area contributed by atoms with Gasteiger partial charge in [-0.2, -0.15) is 5.10 Å². The molecule has 2 aliphatic rings. The van der Waals surface area contributed by atoms with Gasteiger partial charge in [0.2, 0.25) is 0 Å². The number of fused-ring (bicyclic) bond motifs is 1. The Kier molecular flexibility index (Phi) is 4.19. The molecule has 9 nitrogen and oxygen atoms in total. The van der Waals surface area contributed by atoms with Gasteiger partial charge in [-0.05, 0) is 25.0 Å². The maximum absolute atomic E-state index is 11.5. The van der Waals surface area contributed by atoms with Gasteiger partial charge in [0.1, 0.15) is 5.69 Å². The van der Waals surface area contributed by atoms with Crippen LogP contribution in [0.1, 0.15) is 37.4 Å². The molecular weight excluding hydrogens is 338 g/mol. The van der Waals surface area contributed by atoms with Crippen LogP contribution in [0, 0.1) is 10.1 Å². The second kappa shape index (κ2) is 6.66. The SMILES string of the molecule is O=C1COc2cc([N+](=O)[O-])c(NCc3ccn(C4CCCC4)n3)cc2N1. The van der Waals surface area contributed by atoms with Crippen molar-refractivity contribution in [2.75, 3.05) is 17.2 Å². The van der Waals surface area contributed by atoms with Crippen LogP contribution in [0.2, 0.25) is 0 Å². The van der Waals surface area contributed by atoms with E-state index in [2.05, 4.69) is 15.7 Å². The molecule has 1 fully saturated rings. The molecule has 9 heteroatoms. The number of benzene rings is 1.